The van der Waals surface area contributed by atoms with E-state index in [0.29, 0.717) is 19.6 Å². The predicted octanol–water partition coefficient (Wildman–Crippen LogP) is 2.88. The van der Waals surface area contributed by atoms with Crippen molar-refractivity contribution in [3.05, 3.63) is 29.3 Å². The molecule has 0 spiro atoms. The first-order valence-corrected chi connectivity index (χ1v) is 8.29. The Morgan fingerprint density at radius 1 is 1.27 bits per heavy atom. The van der Waals surface area contributed by atoms with Crippen molar-refractivity contribution in [2.24, 2.45) is 0 Å². The van der Waals surface area contributed by atoms with E-state index in [1.807, 2.05) is 13.0 Å². The molecule has 2 rings (SSSR count). The summed E-state index contributed by atoms with van der Waals surface area (Å²) >= 11 is 0. The molecular formula is C18H27NO3. The fraction of sp³-hybridized carbons (Fsp3) is 0.611. The fourth-order valence-electron chi connectivity index (χ4n) is 2.81. The molecule has 1 aromatic rings. The van der Waals surface area contributed by atoms with Crippen LogP contribution < -0.4 is 10.1 Å². The number of fused-ring (bicyclic) bond motifs is 1. The number of aryl methyl sites for hydroxylation is 2. The van der Waals surface area contributed by atoms with Gasteiger partial charge in [-0.15, -0.1) is 0 Å². The van der Waals surface area contributed by atoms with Gasteiger partial charge in [-0.3, -0.25) is 4.79 Å². The molecule has 0 saturated carbocycles. The van der Waals surface area contributed by atoms with Gasteiger partial charge in [0.15, 0.2) is 6.10 Å². The Hall–Kier alpha value is -1.55. The van der Waals surface area contributed by atoms with Crippen LogP contribution in [0.1, 0.15) is 43.7 Å². The van der Waals surface area contributed by atoms with Gasteiger partial charge in [-0.1, -0.05) is 13.0 Å². The average Bonchev–Trinajstić information content (AvgIpc) is 2.56. The molecule has 0 bridgehead atoms. The van der Waals surface area contributed by atoms with Gasteiger partial charge in [-0.2, -0.15) is 0 Å². The second-order valence-electron chi connectivity index (χ2n) is 5.79. The van der Waals surface area contributed by atoms with Crippen molar-refractivity contribution in [3.63, 3.8) is 0 Å². The van der Waals surface area contributed by atoms with Crippen LogP contribution in [0.5, 0.6) is 5.75 Å². The van der Waals surface area contributed by atoms with E-state index in [1.165, 1.54) is 24.0 Å². The van der Waals surface area contributed by atoms with Gasteiger partial charge in [0.1, 0.15) is 5.75 Å². The SMILES string of the molecule is CC[C@@H](Oc1ccc2c(c1)CCCC2)C(=O)NCCCOC. The lowest BCUT2D eigenvalue weighted by atomic mass is 9.92. The Morgan fingerprint density at radius 2 is 2.05 bits per heavy atom. The minimum atomic E-state index is -0.427. The highest BCUT2D eigenvalue weighted by molar-refractivity contribution is 5.81. The molecule has 4 heteroatoms. The zero-order valence-corrected chi connectivity index (χ0v) is 13.7. The molecule has 1 aliphatic carbocycles. The zero-order valence-electron chi connectivity index (χ0n) is 13.7. The molecule has 0 unspecified atom stereocenters. The summed E-state index contributed by atoms with van der Waals surface area (Å²) in [4.78, 5) is 12.2. The van der Waals surface area contributed by atoms with Gasteiger partial charge in [0.25, 0.3) is 5.91 Å². The highest BCUT2D eigenvalue weighted by atomic mass is 16.5. The molecule has 0 aliphatic heterocycles. The van der Waals surface area contributed by atoms with Gasteiger partial charge in [0.05, 0.1) is 0 Å². The summed E-state index contributed by atoms with van der Waals surface area (Å²) in [6, 6.07) is 6.24. The van der Waals surface area contributed by atoms with Crippen LogP contribution in [-0.4, -0.2) is 32.3 Å². The summed E-state index contributed by atoms with van der Waals surface area (Å²) in [6.45, 7) is 3.25. The molecule has 0 aromatic heterocycles. The van der Waals surface area contributed by atoms with Crippen molar-refractivity contribution in [1.29, 1.82) is 0 Å². The predicted molar refractivity (Wildman–Crippen MR) is 87.3 cm³/mol. The van der Waals surface area contributed by atoms with Crippen molar-refractivity contribution >= 4 is 5.91 Å². The molecule has 1 atom stereocenters. The van der Waals surface area contributed by atoms with E-state index in [4.69, 9.17) is 9.47 Å². The third-order valence-electron chi connectivity index (χ3n) is 4.09. The van der Waals surface area contributed by atoms with E-state index in [2.05, 4.69) is 17.4 Å². The number of benzene rings is 1. The summed E-state index contributed by atoms with van der Waals surface area (Å²) < 4.78 is 10.9. The third kappa shape index (κ3) is 4.73. The van der Waals surface area contributed by atoms with E-state index in [0.717, 1.165) is 25.0 Å². The lowest BCUT2D eigenvalue weighted by molar-refractivity contribution is -0.128. The molecule has 1 N–H and O–H groups in total. The van der Waals surface area contributed by atoms with Crippen molar-refractivity contribution < 1.29 is 14.3 Å². The highest BCUT2D eigenvalue weighted by Gasteiger charge is 2.18. The number of amides is 1. The number of hydrogen-bond acceptors (Lipinski definition) is 3. The van der Waals surface area contributed by atoms with Gasteiger partial charge in [0, 0.05) is 20.3 Å². The van der Waals surface area contributed by atoms with Crippen molar-refractivity contribution in [2.45, 2.75) is 51.6 Å². The van der Waals surface area contributed by atoms with Crippen LogP contribution in [0.4, 0.5) is 0 Å². The van der Waals surface area contributed by atoms with Crippen molar-refractivity contribution in [2.75, 3.05) is 20.3 Å². The Bertz CT molecular complexity index is 487. The molecule has 1 aromatic carbocycles. The molecule has 0 radical (unpaired) electrons. The molecule has 4 nitrogen and oxygen atoms in total. The molecule has 22 heavy (non-hydrogen) atoms. The maximum atomic E-state index is 12.2. The smallest absolute Gasteiger partial charge is 0.261 e. The van der Waals surface area contributed by atoms with E-state index < -0.39 is 6.10 Å². The zero-order chi connectivity index (χ0) is 15.8. The molecular weight excluding hydrogens is 278 g/mol. The van der Waals surface area contributed by atoms with Crippen LogP contribution >= 0.6 is 0 Å². The largest absolute Gasteiger partial charge is 0.481 e. The fourth-order valence-corrected chi connectivity index (χ4v) is 2.81. The molecule has 1 aliphatic rings. The van der Waals surface area contributed by atoms with Gasteiger partial charge in [-0.25, -0.2) is 0 Å². The van der Waals surface area contributed by atoms with Crippen molar-refractivity contribution in [1.82, 2.24) is 5.32 Å². The van der Waals surface area contributed by atoms with Gasteiger partial charge < -0.3 is 14.8 Å². The lowest BCUT2D eigenvalue weighted by Gasteiger charge is -2.20. The number of methoxy groups -OCH3 is 1. The summed E-state index contributed by atoms with van der Waals surface area (Å²) in [5.74, 6) is 0.760. The minimum Gasteiger partial charge on any atom is -0.481 e. The van der Waals surface area contributed by atoms with Crippen LogP contribution in [0.2, 0.25) is 0 Å². The minimum absolute atomic E-state index is 0.0451. The Balaban J connectivity index is 1.90. The highest BCUT2D eigenvalue weighted by Crippen LogP contribution is 2.26. The van der Waals surface area contributed by atoms with Crippen LogP contribution in [0.3, 0.4) is 0 Å². The van der Waals surface area contributed by atoms with Crippen molar-refractivity contribution in [3.8, 4) is 5.75 Å². The second-order valence-corrected chi connectivity index (χ2v) is 5.79. The Morgan fingerprint density at radius 3 is 2.77 bits per heavy atom. The quantitative estimate of drug-likeness (QED) is 0.751. The molecule has 122 valence electrons. The number of hydrogen-bond donors (Lipinski definition) is 1. The number of carbonyl (C=O) groups is 1. The van der Waals surface area contributed by atoms with Crippen LogP contribution in [0.25, 0.3) is 0 Å². The lowest BCUT2D eigenvalue weighted by Crippen LogP contribution is -2.38. The Labute approximate surface area is 133 Å². The summed E-state index contributed by atoms with van der Waals surface area (Å²) in [6.07, 6.45) is 5.84. The molecule has 0 saturated heterocycles. The monoisotopic (exact) mass is 305 g/mol. The topological polar surface area (TPSA) is 47.6 Å². The van der Waals surface area contributed by atoms with Crippen LogP contribution in [0.15, 0.2) is 18.2 Å². The van der Waals surface area contributed by atoms with Gasteiger partial charge in [-0.05, 0) is 61.8 Å². The molecule has 0 heterocycles. The maximum Gasteiger partial charge on any atom is 0.261 e. The van der Waals surface area contributed by atoms with Crippen LogP contribution in [0, 0.1) is 0 Å². The van der Waals surface area contributed by atoms with Gasteiger partial charge >= 0.3 is 0 Å². The number of carbonyl (C=O) groups excluding carboxylic acids is 1. The summed E-state index contributed by atoms with van der Waals surface area (Å²) in [7, 11) is 1.66. The Kier molecular flexibility index (Phi) is 6.72. The number of nitrogens with one attached hydrogen (secondary N) is 1. The van der Waals surface area contributed by atoms with E-state index >= 15 is 0 Å². The summed E-state index contributed by atoms with van der Waals surface area (Å²) in [5.41, 5.74) is 2.80. The third-order valence-corrected chi connectivity index (χ3v) is 4.09. The first-order chi connectivity index (χ1) is 10.7. The first-order valence-electron chi connectivity index (χ1n) is 8.29. The maximum absolute atomic E-state index is 12.2. The normalized spacial score (nSPS) is 15.0. The number of ether oxygens (including phenoxy) is 2. The van der Waals surface area contributed by atoms with E-state index in [-0.39, 0.29) is 5.91 Å². The van der Waals surface area contributed by atoms with E-state index in [1.54, 1.807) is 7.11 Å². The number of rotatable bonds is 8. The summed E-state index contributed by atoms with van der Waals surface area (Å²) in [5, 5.41) is 2.91. The van der Waals surface area contributed by atoms with Gasteiger partial charge in [0.2, 0.25) is 0 Å². The first kappa shape index (κ1) is 16.8. The average molecular weight is 305 g/mol. The van der Waals surface area contributed by atoms with E-state index in [9.17, 15) is 4.79 Å². The molecule has 0 fully saturated rings. The molecule has 1 amide bonds. The second kappa shape index (κ2) is 8.79. The van der Waals surface area contributed by atoms with Crippen LogP contribution in [-0.2, 0) is 22.4 Å². The standard InChI is InChI=1S/C18H27NO3/c1-3-17(18(20)19-11-6-12-21-2)22-16-10-9-14-7-4-5-8-15(14)13-16/h9-10,13,17H,3-8,11-12H2,1-2H3,(H,19,20)/t17-/m1/s1.